The number of aromatic nitrogens is 2. The SMILES string of the molecule is CCCCCN(C)c1ccccc1/C(=N/N(C)C)n1ccnc1. The van der Waals surface area contributed by atoms with Gasteiger partial charge in [0.25, 0.3) is 0 Å². The standard InChI is InChI=1S/C18H27N5/c1-5-6-9-13-22(4)17-11-8-7-10-16(17)18(20-21(2)3)23-14-12-19-15-23/h7-8,10-12,14-15H,5-6,9,13H2,1-4H3/b20-18-. The van der Waals surface area contributed by atoms with Gasteiger partial charge in [0.1, 0.15) is 6.33 Å². The molecule has 1 heterocycles. The van der Waals surface area contributed by atoms with Crippen molar-refractivity contribution in [1.29, 1.82) is 0 Å². The highest BCUT2D eigenvalue weighted by atomic mass is 15.4. The third-order valence-corrected chi connectivity index (χ3v) is 3.70. The van der Waals surface area contributed by atoms with Gasteiger partial charge in [-0.2, -0.15) is 5.10 Å². The average Bonchev–Trinajstić information content (AvgIpc) is 3.07. The zero-order valence-electron chi connectivity index (χ0n) is 14.6. The largest absolute Gasteiger partial charge is 0.374 e. The number of benzene rings is 1. The fraction of sp³-hybridized carbons (Fsp3) is 0.444. The van der Waals surface area contributed by atoms with Crippen LogP contribution in [0.2, 0.25) is 0 Å². The Morgan fingerprint density at radius 3 is 2.61 bits per heavy atom. The summed E-state index contributed by atoms with van der Waals surface area (Å²) in [7, 11) is 6.02. The van der Waals surface area contributed by atoms with E-state index in [2.05, 4.69) is 53.2 Å². The van der Waals surface area contributed by atoms with E-state index in [1.807, 2.05) is 29.9 Å². The van der Waals surface area contributed by atoms with E-state index in [9.17, 15) is 0 Å². The molecule has 1 aromatic carbocycles. The fourth-order valence-corrected chi connectivity index (χ4v) is 2.53. The van der Waals surface area contributed by atoms with Crippen molar-refractivity contribution >= 4 is 11.5 Å². The Morgan fingerprint density at radius 2 is 1.96 bits per heavy atom. The van der Waals surface area contributed by atoms with E-state index in [-0.39, 0.29) is 0 Å². The number of imidazole rings is 1. The van der Waals surface area contributed by atoms with Crippen LogP contribution in [-0.4, -0.2) is 48.1 Å². The molecule has 0 radical (unpaired) electrons. The molecule has 0 aliphatic rings. The highest BCUT2D eigenvalue weighted by Gasteiger charge is 2.14. The zero-order valence-corrected chi connectivity index (χ0v) is 14.6. The summed E-state index contributed by atoms with van der Waals surface area (Å²) in [4.78, 5) is 6.47. The Hall–Kier alpha value is -2.30. The number of hydrogen-bond donors (Lipinski definition) is 0. The molecule has 0 aliphatic carbocycles. The molecule has 5 heteroatoms. The first-order chi connectivity index (χ1) is 11.1. The minimum absolute atomic E-state index is 0.880. The lowest BCUT2D eigenvalue weighted by Gasteiger charge is -2.23. The van der Waals surface area contributed by atoms with E-state index in [0.717, 1.165) is 17.9 Å². The van der Waals surface area contributed by atoms with Gasteiger partial charge in [-0.15, -0.1) is 0 Å². The second-order valence-electron chi connectivity index (χ2n) is 5.89. The van der Waals surface area contributed by atoms with E-state index < -0.39 is 0 Å². The van der Waals surface area contributed by atoms with Crippen molar-refractivity contribution in [3.05, 3.63) is 48.5 Å². The van der Waals surface area contributed by atoms with Crippen LogP contribution in [0, 0.1) is 0 Å². The molecule has 0 fully saturated rings. The van der Waals surface area contributed by atoms with Crippen LogP contribution < -0.4 is 4.90 Å². The topological polar surface area (TPSA) is 36.7 Å². The maximum Gasteiger partial charge on any atom is 0.167 e. The number of unbranched alkanes of at least 4 members (excludes halogenated alkanes) is 2. The van der Waals surface area contributed by atoms with Gasteiger partial charge in [-0.05, 0) is 18.6 Å². The Labute approximate surface area is 139 Å². The molecule has 0 amide bonds. The minimum Gasteiger partial charge on any atom is -0.374 e. The molecule has 5 nitrogen and oxygen atoms in total. The van der Waals surface area contributed by atoms with Gasteiger partial charge < -0.3 is 9.91 Å². The molecular formula is C18H27N5. The van der Waals surface area contributed by atoms with E-state index in [1.165, 1.54) is 24.9 Å². The highest BCUT2D eigenvalue weighted by molar-refractivity contribution is 6.04. The zero-order chi connectivity index (χ0) is 16.7. The Balaban J connectivity index is 2.37. The van der Waals surface area contributed by atoms with Crippen LogP contribution in [0.3, 0.4) is 0 Å². The van der Waals surface area contributed by atoms with Gasteiger partial charge in [-0.1, -0.05) is 31.9 Å². The van der Waals surface area contributed by atoms with Gasteiger partial charge in [0.05, 0.1) is 0 Å². The molecule has 0 atom stereocenters. The number of rotatable bonds is 7. The Bertz CT molecular complexity index is 616. The molecule has 0 saturated heterocycles. The summed E-state index contributed by atoms with van der Waals surface area (Å²) < 4.78 is 1.96. The van der Waals surface area contributed by atoms with Gasteiger partial charge in [-0.3, -0.25) is 4.57 Å². The van der Waals surface area contributed by atoms with E-state index in [0.29, 0.717) is 0 Å². The lowest BCUT2D eigenvalue weighted by molar-refractivity contribution is 0.435. The minimum atomic E-state index is 0.880. The number of nitrogens with zero attached hydrogens (tertiary/aromatic N) is 5. The van der Waals surface area contributed by atoms with Crippen LogP contribution in [0.1, 0.15) is 31.7 Å². The summed E-state index contributed by atoms with van der Waals surface area (Å²) in [5.74, 6) is 0.880. The van der Waals surface area contributed by atoms with E-state index >= 15 is 0 Å². The predicted octanol–water partition coefficient (Wildman–Crippen LogP) is 3.28. The van der Waals surface area contributed by atoms with Crippen LogP contribution in [0.15, 0.2) is 48.1 Å². The predicted molar refractivity (Wildman–Crippen MR) is 97.1 cm³/mol. The summed E-state index contributed by atoms with van der Waals surface area (Å²) in [6, 6.07) is 8.41. The maximum atomic E-state index is 4.68. The van der Waals surface area contributed by atoms with Crippen molar-refractivity contribution in [2.75, 3.05) is 32.6 Å². The van der Waals surface area contributed by atoms with Crippen molar-refractivity contribution in [2.45, 2.75) is 26.2 Å². The van der Waals surface area contributed by atoms with E-state index in [1.54, 1.807) is 12.5 Å². The lowest BCUT2D eigenvalue weighted by Crippen LogP contribution is -2.24. The van der Waals surface area contributed by atoms with Gasteiger partial charge in [-0.25, -0.2) is 4.98 Å². The summed E-state index contributed by atoms with van der Waals surface area (Å²) in [6.07, 6.45) is 9.18. The molecule has 1 aromatic heterocycles. The second kappa shape index (κ2) is 8.36. The summed E-state index contributed by atoms with van der Waals surface area (Å²) >= 11 is 0. The van der Waals surface area contributed by atoms with Gasteiger partial charge in [0, 0.05) is 51.3 Å². The normalized spacial score (nSPS) is 11.6. The van der Waals surface area contributed by atoms with Crippen molar-refractivity contribution in [2.24, 2.45) is 5.10 Å². The van der Waals surface area contributed by atoms with Crippen LogP contribution in [-0.2, 0) is 0 Å². The molecule has 0 saturated carbocycles. The first kappa shape index (κ1) is 17.1. The molecule has 0 unspecified atom stereocenters. The number of para-hydroxylation sites is 1. The van der Waals surface area contributed by atoms with Crippen molar-refractivity contribution in [1.82, 2.24) is 14.6 Å². The van der Waals surface area contributed by atoms with Crippen LogP contribution in [0.5, 0.6) is 0 Å². The van der Waals surface area contributed by atoms with E-state index in [4.69, 9.17) is 0 Å². The molecule has 124 valence electrons. The van der Waals surface area contributed by atoms with Crippen LogP contribution >= 0.6 is 0 Å². The number of hydrogen-bond acceptors (Lipinski definition) is 4. The fourth-order valence-electron chi connectivity index (χ4n) is 2.53. The molecular weight excluding hydrogens is 286 g/mol. The van der Waals surface area contributed by atoms with Crippen molar-refractivity contribution < 1.29 is 0 Å². The number of anilines is 1. The van der Waals surface area contributed by atoms with Crippen LogP contribution in [0.25, 0.3) is 0 Å². The second-order valence-corrected chi connectivity index (χ2v) is 5.89. The molecule has 0 N–H and O–H groups in total. The maximum absolute atomic E-state index is 4.68. The smallest absolute Gasteiger partial charge is 0.167 e. The third-order valence-electron chi connectivity index (χ3n) is 3.70. The first-order valence-corrected chi connectivity index (χ1v) is 8.18. The quantitative estimate of drug-likeness (QED) is 0.341. The van der Waals surface area contributed by atoms with Gasteiger partial charge in [0.2, 0.25) is 0 Å². The van der Waals surface area contributed by atoms with Crippen LogP contribution in [0.4, 0.5) is 5.69 Å². The molecule has 2 aromatic rings. The molecule has 0 bridgehead atoms. The Morgan fingerprint density at radius 1 is 1.17 bits per heavy atom. The summed E-state index contributed by atoms with van der Waals surface area (Å²) in [5, 5.41) is 6.50. The van der Waals surface area contributed by atoms with Gasteiger partial charge >= 0.3 is 0 Å². The van der Waals surface area contributed by atoms with Crippen molar-refractivity contribution in [3.8, 4) is 0 Å². The monoisotopic (exact) mass is 313 g/mol. The Kier molecular flexibility index (Phi) is 6.20. The summed E-state index contributed by atoms with van der Waals surface area (Å²) in [6.45, 7) is 3.28. The highest BCUT2D eigenvalue weighted by Crippen LogP contribution is 2.21. The third kappa shape index (κ3) is 4.58. The number of hydrazone groups is 1. The first-order valence-electron chi connectivity index (χ1n) is 8.18. The molecule has 0 spiro atoms. The average molecular weight is 313 g/mol. The molecule has 23 heavy (non-hydrogen) atoms. The summed E-state index contributed by atoms with van der Waals surface area (Å²) in [5.41, 5.74) is 2.30. The van der Waals surface area contributed by atoms with Gasteiger partial charge in [0.15, 0.2) is 5.84 Å². The van der Waals surface area contributed by atoms with Crippen molar-refractivity contribution in [3.63, 3.8) is 0 Å². The molecule has 0 aliphatic heterocycles. The lowest BCUT2D eigenvalue weighted by atomic mass is 10.1. The molecule has 2 rings (SSSR count).